The summed E-state index contributed by atoms with van der Waals surface area (Å²) >= 11 is 6.09. The van der Waals surface area contributed by atoms with Gasteiger partial charge in [-0.25, -0.2) is 4.68 Å². The second kappa shape index (κ2) is 7.39. The van der Waals surface area contributed by atoms with E-state index in [1.54, 1.807) is 0 Å². The summed E-state index contributed by atoms with van der Waals surface area (Å²) in [5.74, 6) is 0.424. The predicted octanol–water partition coefficient (Wildman–Crippen LogP) is 3.19. The third kappa shape index (κ3) is 4.01. The molecule has 1 aromatic carbocycles. The van der Waals surface area contributed by atoms with Gasteiger partial charge in [0.05, 0.1) is 16.7 Å². The molecule has 0 radical (unpaired) electrons. The van der Waals surface area contributed by atoms with E-state index in [1.165, 1.54) is 35.1 Å². The van der Waals surface area contributed by atoms with Gasteiger partial charge in [-0.15, -0.1) is 10.2 Å². The van der Waals surface area contributed by atoms with E-state index in [2.05, 4.69) is 15.3 Å². The molecule has 3 aromatic rings. The minimum Gasteiger partial charge on any atom is -0.480 e. The highest BCUT2D eigenvalue weighted by Gasteiger charge is 2.20. The molecule has 0 saturated carbocycles. The molecule has 0 atom stereocenters. The van der Waals surface area contributed by atoms with Crippen molar-refractivity contribution < 1.29 is 14.1 Å². The van der Waals surface area contributed by atoms with Crippen molar-refractivity contribution >= 4 is 17.3 Å². The molecule has 0 bridgehead atoms. The van der Waals surface area contributed by atoms with Gasteiger partial charge in [0.25, 0.3) is 17.1 Å². The first-order valence-electron chi connectivity index (χ1n) is 8.15. The van der Waals surface area contributed by atoms with Crippen molar-refractivity contribution in [1.29, 1.82) is 0 Å². The van der Waals surface area contributed by atoms with Gasteiger partial charge in [0.15, 0.2) is 17.4 Å². The van der Waals surface area contributed by atoms with E-state index in [4.69, 9.17) is 20.8 Å². The monoisotopic (exact) mass is 405 g/mol. The van der Waals surface area contributed by atoms with Crippen LogP contribution in [0.3, 0.4) is 0 Å². The van der Waals surface area contributed by atoms with Crippen LogP contribution in [0.4, 0.5) is 5.69 Å². The Bertz CT molecular complexity index is 1070. The third-order valence-electron chi connectivity index (χ3n) is 3.67. The molecule has 2 aromatic heterocycles. The number of halogens is 1. The van der Waals surface area contributed by atoms with Crippen LogP contribution in [-0.4, -0.2) is 24.9 Å². The van der Waals surface area contributed by atoms with Crippen molar-refractivity contribution in [3.63, 3.8) is 0 Å². The van der Waals surface area contributed by atoms with E-state index in [1.807, 2.05) is 20.8 Å². The quantitative estimate of drug-likeness (QED) is 0.467. The van der Waals surface area contributed by atoms with E-state index in [9.17, 15) is 14.9 Å². The van der Waals surface area contributed by atoms with Crippen LogP contribution in [-0.2, 0) is 12.1 Å². The fourth-order valence-electron chi connectivity index (χ4n) is 2.29. The van der Waals surface area contributed by atoms with Gasteiger partial charge in [-0.2, -0.15) is 5.10 Å². The van der Waals surface area contributed by atoms with Gasteiger partial charge in [-0.05, 0) is 32.9 Å². The maximum Gasteiger partial charge on any atom is 0.289 e. The Hall–Kier alpha value is -3.27. The van der Waals surface area contributed by atoms with Crippen LogP contribution in [0.15, 0.2) is 39.7 Å². The second-order valence-corrected chi connectivity index (χ2v) is 7.18. The zero-order valence-corrected chi connectivity index (χ0v) is 16.0. The topological polar surface area (TPSA) is 126 Å². The van der Waals surface area contributed by atoms with Crippen LogP contribution in [0.2, 0.25) is 5.02 Å². The van der Waals surface area contributed by atoms with E-state index in [-0.39, 0.29) is 34.8 Å². The predicted molar refractivity (Wildman–Crippen MR) is 99.2 cm³/mol. The molecule has 0 aliphatic rings. The summed E-state index contributed by atoms with van der Waals surface area (Å²) in [6.07, 6.45) is 1.35. The molecule has 3 rings (SSSR count). The normalized spacial score (nSPS) is 11.4. The van der Waals surface area contributed by atoms with Gasteiger partial charge >= 0.3 is 0 Å². The van der Waals surface area contributed by atoms with Crippen molar-refractivity contribution in [2.45, 2.75) is 32.9 Å². The molecule has 0 fully saturated rings. The maximum absolute atomic E-state index is 12.3. The lowest BCUT2D eigenvalue weighted by Crippen LogP contribution is -2.36. The van der Waals surface area contributed by atoms with Crippen LogP contribution in [0, 0.1) is 10.1 Å². The van der Waals surface area contributed by atoms with Crippen LogP contribution >= 0.6 is 11.6 Å². The van der Waals surface area contributed by atoms with Gasteiger partial charge in [0, 0.05) is 17.7 Å². The fraction of sp³-hybridized carbons (Fsp3) is 0.294. The minimum atomic E-state index is -0.522. The average molecular weight is 406 g/mol. The first-order chi connectivity index (χ1) is 13.2. The average Bonchev–Trinajstić information content (AvgIpc) is 3.11. The van der Waals surface area contributed by atoms with Gasteiger partial charge in [-0.1, -0.05) is 11.6 Å². The first-order valence-corrected chi connectivity index (χ1v) is 8.53. The molecule has 0 N–H and O–H groups in total. The van der Waals surface area contributed by atoms with Crippen LogP contribution in [0.5, 0.6) is 5.75 Å². The molecule has 0 aliphatic heterocycles. The maximum atomic E-state index is 12.3. The number of aromatic nitrogens is 4. The van der Waals surface area contributed by atoms with Crippen molar-refractivity contribution in [2.24, 2.45) is 0 Å². The number of nitro benzene ring substituents is 1. The van der Waals surface area contributed by atoms with Crippen LogP contribution < -0.4 is 10.3 Å². The Balaban J connectivity index is 1.74. The first kappa shape index (κ1) is 19.5. The molecular weight excluding hydrogens is 390 g/mol. The minimum absolute atomic E-state index is 0.0426. The lowest BCUT2D eigenvalue weighted by Gasteiger charge is -2.20. The van der Waals surface area contributed by atoms with Crippen molar-refractivity contribution in [1.82, 2.24) is 20.0 Å². The number of rotatable bonds is 5. The Morgan fingerprint density at radius 3 is 2.54 bits per heavy atom. The van der Waals surface area contributed by atoms with Gasteiger partial charge in [-0.3, -0.25) is 14.9 Å². The van der Waals surface area contributed by atoms with Gasteiger partial charge in [0.1, 0.15) is 0 Å². The van der Waals surface area contributed by atoms with Crippen LogP contribution in [0.25, 0.3) is 11.5 Å². The Morgan fingerprint density at radius 1 is 1.25 bits per heavy atom. The molecule has 0 aliphatic carbocycles. The second-order valence-electron chi connectivity index (χ2n) is 6.80. The summed E-state index contributed by atoms with van der Waals surface area (Å²) in [7, 11) is 0. The third-order valence-corrected chi connectivity index (χ3v) is 4.01. The van der Waals surface area contributed by atoms with E-state index < -0.39 is 16.0 Å². The highest BCUT2D eigenvalue weighted by atomic mass is 35.5. The van der Waals surface area contributed by atoms with Crippen LogP contribution in [0.1, 0.15) is 26.7 Å². The number of hydrogen-bond donors (Lipinski definition) is 0. The molecule has 146 valence electrons. The van der Waals surface area contributed by atoms with Crippen molar-refractivity contribution in [3.05, 3.63) is 61.8 Å². The van der Waals surface area contributed by atoms with E-state index >= 15 is 0 Å². The van der Waals surface area contributed by atoms with Crippen molar-refractivity contribution in [2.75, 3.05) is 0 Å². The molecule has 2 heterocycles. The zero-order valence-electron chi connectivity index (χ0n) is 15.2. The lowest BCUT2D eigenvalue weighted by molar-refractivity contribution is -0.384. The number of benzene rings is 1. The smallest absolute Gasteiger partial charge is 0.289 e. The zero-order chi connectivity index (χ0) is 20.5. The molecule has 0 amide bonds. The summed E-state index contributed by atoms with van der Waals surface area (Å²) < 4.78 is 12.2. The highest BCUT2D eigenvalue weighted by Crippen LogP contribution is 2.24. The van der Waals surface area contributed by atoms with Crippen molar-refractivity contribution in [3.8, 4) is 17.2 Å². The SMILES string of the molecule is CC(C)(C)n1ncc(OCc2nnc(-c3ccc([N+](=O)[O-])cc3)o2)c(Cl)c1=O. The summed E-state index contributed by atoms with van der Waals surface area (Å²) in [6, 6.07) is 5.68. The Kier molecular flexibility index (Phi) is 5.14. The van der Waals surface area contributed by atoms with E-state index in [0.717, 1.165) is 0 Å². The number of nitro groups is 1. The molecule has 0 saturated heterocycles. The number of hydrogen-bond acceptors (Lipinski definition) is 8. The number of nitrogens with zero attached hydrogens (tertiary/aromatic N) is 5. The largest absolute Gasteiger partial charge is 0.480 e. The Morgan fingerprint density at radius 2 is 1.93 bits per heavy atom. The molecule has 11 heteroatoms. The molecule has 0 spiro atoms. The highest BCUT2D eigenvalue weighted by molar-refractivity contribution is 6.31. The fourth-order valence-corrected chi connectivity index (χ4v) is 2.47. The van der Waals surface area contributed by atoms with Gasteiger partial charge in [0.2, 0.25) is 5.89 Å². The Labute approximate surface area is 163 Å². The summed E-state index contributed by atoms with van der Waals surface area (Å²) in [5.41, 5.74) is -0.509. The number of non-ortho nitro benzene ring substituents is 1. The molecule has 10 nitrogen and oxygen atoms in total. The molecule has 0 unspecified atom stereocenters. The lowest BCUT2D eigenvalue weighted by atomic mass is 10.1. The summed E-state index contributed by atoms with van der Waals surface area (Å²) in [5, 5.41) is 22.4. The number of ether oxygens (including phenoxy) is 1. The van der Waals surface area contributed by atoms with Gasteiger partial charge < -0.3 is 9.15 Å². The summed E-state index contributed by atoms with van der Waals surface area (Å²) in [4.78, 5) is 22.5. The van der Waals surface area contributed by atoms with E-state index in [0.29, 0.717) is 5.56 Å². The molecular formula is C17H16ClN5O5. The molecule has 28 heavy (non-hydrogen) atoms. The standard InChI is InChI=1S/C17H16ClN5O5/c1-17(2,3)22-16(24)14(18)12(8-19-22)27-9-13-20-21-15(28-13)10-4-6-11(7-5-10)23(25)26/h4-8H,9H2,1-3H3. The summed E-state index contributed by atoms with van der Waals surface area (Å²) in [6.45, 7) is 5.36.